The summed E-state index contributed by atoms with van der Waals surface area (Å²) in [7, 11) is 1.94. The Morgan fingerprint density at radius 2 is 2.11 bits per heavy atom. The van der Waals surface area contributed by atoms with Crippen LogP contribution in [0.1, 0.15) is 13.8 Å². The third-order valence-corrected chi connectivity index (χ3v) is 3.38. The summed E-state index contributed by atoms with van der Waals surface area (Å²) >= 11 is 0. The number of aryl methyl sites for hydroxylation is 1. The number of hydrogen-bond donors (Lipinski definition) is 1. The Labute approximate surface area is 111 Å². The maximum atomic E-state index is 6.19. The van der Waals surface area contributed by atoms with Gasteiger partial charge in [0, 0.05) is 12.7 Å². The predicted octanol–water partition coefficient (Wildman–Crippen LogP) is 1.65. The van der Waals surface area contributed by atoms with Crippen LogP contribution < -0.4 is 10.3 Å². The van der Waals surface area contributed by atoms with Crippen molar-refractivity contribution in [2.75, 3.05) is 5.73 Å². The summed E-state index contributed by atoms with van der Waals surface area (Å²) in [5.41, 5.74) is 10.0. The number of pyridine rings is 2. The molecule has 5 heteroatoms. The van der Waals surface area contributed by atoms with Crippen molar-refractivity contribution in [2.45, 2.75) is 20.4 Å². The molecular formula is C14H18N5+. The van der Waals surface area contributed by atoms with Gasteiger partial charge in [0.2, 0.25) is 0 Å². The molecule has 0 saturated carbocycles. The average molecular weight is 256 g/mol. The quantitative estimate of drug-likeness (QED) is 0.709. The van der Waals surface area contributed by atoms with Crippen molar-refractivity contribution >= 4 is 27.9 Å². The molecule has 0 fully saturated rings. The third kappa shape index (κ3) is 1.73. The van der Waals surface area contributed by atoms with Gasteiger partial charge in [-0.15, -0.1) is 0 Å². The van der Waals surface area contributed by atoms with E-state index >= 15 is 0 Å². The zero-order valence-corrected chi connectivity index (χ0v) is 11.5. The largest absolute Gasteiger partial charge is 0.328 e. The third-order valence-electron chi connectivity index (χ3n) is 3.38. The summed E-state index contributed by atoms with van der Waals surface area (Å²) < 4.78 is 4.09. The number of nitrogens with two attached hydrogens (primary N) is 1. The fourth-order valence-electron chi connectivity index (χ4n) is 2.49. The van der Waals surface area contributed by atoms with Gasteiger partial charge < -0.3 is 4.57 Å². The molecule has 0 spiro atoms. The molecule has 0 saturated heterocycles. The molecule has 3 heterocycles. The number of nitrogen functional groups attached to an aromatic ring is 1. The highest BCUT2D eigenvalue weighted by Gasteiger charge is 2.19. The molecule has 0 aliphatic carbocycles. The number of rotatable bonds is 2. The molecule has 5 nitrogen and oxygen atoms in total. The van der Waals surface area contributed by atoms with Crippen molar-refractivity contribution in [3.63, 3.8) is 0 Å². The van der Waals surface area contributed by atoms with Crippen LogP contribution in [0.5, 0.6) is 0 Å². The summed E-state index contributed by atoms with van der Waals surface area (Å²) in [6, 6.07) is 3.96. The second-order valence-corrected chi connectivity index (χ2v) is 5.30. The molecule has 0 amide bonds. The normalized spacial score (nSPS) is 11.8. The molecule has 0 aliphatic rings. The summed E-state index contributed by atoms with van der Waals surface area (Å²) in [5.74, 6) is 1.23. The van der Waals surface area contributed by atoms with E-state index in [9.17, 15) is 0 Å². The van der Waals surface area contributed by atoms with Gasteiger partial charge in [-0.3, -0.25) is 10.7 Å². The number of anilines is 1. The van der Waals surface area contributed by atoms with Crippen LogP contribution in [0.4, 0.5) is 5.82 Å². The average Bonchev–Trinajstić information content (AvgIpc) is 2.79. The van der Waals surface area contributed by atoms with Crippen molar-refractivity contribution < 1.29 is 4.57 Å². The van der Waals surface area contributed by atoms with Crippen LogP contribution in [0.3, 0.4) is 0 Å². The van der Waals surface area contributed by atoms with E-state index in [4.69, 9.17) is 5.73 Å². The predicted molar refractivity (Wildman–Crippen MR) is 75.5 cm³/mol. The molecule has 98 valence electrons. The van der Waals surface area contributed by atoms with E-state index in [0.717, 1.165) is 28.6 Å². The van der Waals surface area contributed by atoms with Crippen LogP contribution in [-0.4, -0.2) is 14.5 Å². The Bertz CT molecular complexity index is 757. The zero-order chi connectivity index (χ0) is 13.6. The minimum Gasteiger partial charge on any atom is -0.328 e. The molecule has 3 aromatic heterocycles. The molecule has 19 heavy (non-hydrogen) atoms. The molecular weight excluding hydrogens is 238 g/mol. The standard InChI is InChI=1S/C14H17N5/c1-9(2)7-19-8-17-12-13(19)11-10(5-4-6-16-11)18(3)14(12)15/h4-6,8-9,15H,7H2,1-3H3/p+1. The van der Waals surface area contributed by atoms with Gasteiger partial charge in [0.25, 0.3) is 0 Å². The first-order valence-corrected chi connectivity index (χ1v) is 6.46. The second kappa shape index (κ2) is 4.19. The summed E-state index contributed by atoms with van der Waals surface area (Å²) in [4.78, 5) is 8.97. The minimum absolute atomic E-state index is 0.548. The Hall–Kier alpha value is -2.17. The highest BCUT2D eigenvalue weighted by atomic mass is 15.1. The number of imidazole rings is 1. The lowest BCUT2D eigenvalue weighted by Gasteiger charge is -2.09. The van der Waals surface area contributed by atoms with Crippen LogP contribution in [0.15, 0.2) is 24.7 Å². The van der Waals surface area contributed by atoms with Gasteiger partial charge >= 0.3 is 5.82 Å². The molecule has 0 aliphatic heterocycles. The van der Waals surface area contributed by atoms with Gasteiger partial charge in [-0.2, -0.15) is 0 Å². The zero-order valence-electron chi connectivity index (χ0n) is 11.5. The lowest BCUT2D eigenvalue weighted by atomic mass is 10.2. The van der Waals surface area contributed by atoms with Crippen LogP contribution in [0, 0.1) is 5.92 Å². The monoisotopic (exact) mass is 256 g/mol. The number of fused-ring (bicyclic) bond motifs is 3. The number of nitrogens with zero attached hydrogens (tertiary/aromatic N) is 4. The van der Waals surface area contributed by atoms with Crippen LogP contribution in [-0.2, 0) is 13.6 Å². The maximum absolute atomic E-state index is 6.19. The first kappa shape index (κ1) is 11.9. The minimum atomic E-state index is 0.548. The van der Waals surface area contributed by atoms with E-state index in [1.54, 1.807) is 0 Å². The van der Waals surface area contributed by atoms with E-state index in [0.29, 0.717) is 11.7 Å². The van der Waals surface area contributed by atoms with E-state index in [2.05, 4.69) is 28.4 Å². The fourth-order valence-corrected chi connectivity index (χ4v) is 2.49. The highest BCUT2D eigenvalue weighted by Crippen LogP contribution is 2.24. The summed E-state index contributed by atoms with van der Waals surface area (Å²) in [6.45, 7) is 5.29. The van der Waals surface area contributed by atoms with Gasteiger partial charge in [-0.25, -0.2) is 9.55 Å². The van der Waals surface area contributed by atoms with Gasteiger partial charge in [-0.1, -0.05) is 13.8 Å². The van der Waals surface area contributed by atoms with E-state index in [1.807, 2.05) is 36.3 Å². The lowest BCUT2D eigenvalue weighted by Crippen LogP contribution is -2.33. The number of aromatic nitrogens is 4. The van der Waals surface area contributed by atoms with E-state index < -0.39 is 0 Å². The van der Waals surface area contributed by atoms with Crippen LogP contribution in [0.2, 0.25) is 0 Å². The Kier molecular flexibility index (Phi) is 2.62. The molecule has 0 aromatic carbocycles. The molecule has 0 bridgehead atoms. The van der Waals surface area contributed by atoms with Crippen molar-refractivity contribution in [1.82, 2.24) is 14.5 Å². The van der Waals surface area contributed by atoms with Crippen molar-refractivity contribution in [3.8, 4) is 0 Å². The van der Waals surface area contributed by atoms with E-state index in [1.165, 1.54) is 0 Å². The van der Waals surface area contributed by atoms with Crippen LogP contribution in [0.25, 0.3) is 22.1 Å². The summed E-state index contributed by atoms with van der Waals surface area (Å²) in [5, 5.41) is 0. The Morgan fingerprint density at radius 1 is 1.32 bits per heavy atom. The second-order valence-electron chi connectivity index (χ2n) is 5.30. The Morgan fingerprint density at radius 3 is 2.84 bits per heavy atom. The number of hydrogen-bond acceptors (Lipinski definition) is 3. The van der Waals surface area contributed by atoms with Gasteiger partial charge in [0.1, 0.15) is 11.0 Å². The molecule has 3 rings (SSSR count). The molecule has 0 atom stereocenters. The summed E-state index contributed by atoms with van der Waals surface area (Å²) in [6.07, 6.45) is 3.67. The van der Waals surface area contributed by atoms with Gasteiger partial charge in [0.05, 0.1) is 13.4 Å². The van der Waals surface area contributed by atoms with E-state index in [-0.39, 0.29) is 0 Å². The SMILES string of the molecule is CC(C)Cn1cnc2c(N)[n+](C)c3cccnc3c21. The molecule has 0 unspecified atom stereocenters. The van der Waals surface area contributed by atoms with Gasteiger partial charge in [-0.05, 0) is 18.1 Å². The maximum Gasteiger partial charge on any atom is 0.301 e. The fraction of sp³-hybridized carbons (Fsp3) is 0.357. The molecule has 2 N–H and O–H groups in total. The first-order chi connectivity index (χ1) is 9.09. The van der Waals surface area contributed by atoms with Crippen LogP contribution >= 0.6 is 0 Å². The highest BCUT2D eigenvalue weighted by molar-refractivity contribution is 6.01. The van der Waals surface area contributed by atoms with Crippen molar-refractivity contribution in [3.05, 3.63) is 24.7 Å². The lowest BCUT2D eigenvalue weighted by molar-refractivity contribution is -0.628. The Balaban J connectivity index is 2.45. The van der Waals surface area contributed by atoms with Crippen molar-refractivity contribution in [1.29, 1.82) is 0 Å². The van der Waals surface area contributed by atoms with Crippen molar-refractivity contribution in [2.24, 2.45) is 13.0 Å². The molecule has 0 radical (unpaired) electrons. The van der Waals surface area contributed by atoms with Gasteiger partial charge in [0.15, 0.2) is 11.0 Å². The first-order valence-electron chi connectivity index (χ1n) is 6.46. The smallest absolute Gasteiger partial charge is 0.301 e. The topological polar surface area (TPSA) is 60.6 Å². The molecule has 3 aromatic rings.